The Morgan fingerprint density at radius 3 is 1.07 bits per heavy atom. The summed E-state index contributed by atoms with van der Waals surface area (Å²) in [6.07, 6.45) is 39.9. The van der Waals surface area contributed by atoms with Crippen molar-refractivity contribution in [3.63, 3.8) is 0 Å². The number of carbonyl (C=O) groups excluding carboxylic acids is 1. The molecular formula is C39H78O5. The monoisotopic (exact) mass is 627 g/mol. The molecule has 2 atom stereocenters. The van der Waals surface area contributed by atoms with Gasteiger partial charge in [-0.15, -0.1) is 0 Å². The molecule has 0 aliphatic carbocycles. The second-order valence-corrected chi connectivity index (χ2v) is 13.7. The fourth-order valence-corrected chi connectivity index (χ4v) is 6.29. The summed E-state index contributed by atoms with van der Waals surface area (Å²) < 4.78 is 5.35. The van der Waals surface area contributed by atoms with Crippen LogP contribution < -0.4 is 0 Å². The van der Waals surface area contributed by atoms with E-state index in [0.717, 1.165) is 32.1 Å². The van der Waals surface area contributed by atoms with Crippen LogP contribution in [0.4, 0.5) is 0 Å². The van der Waals surface area contributed by atoms with Crippen molar-refractivity contribution in [3.05, 3.63) is 0 Å². The van der Waals surface area contributed by atoms with Gasteiger partial charge < -0.3 is 20.1 Å². The summed E-state index contributed by atoms with van der Waals surface area (Å²) in [5, 5.41) is 27.5. The van der Waals surface area contributed by atoms with Crippen molar-refractivity contribution in [2.75, 3.05) is 19.8 Å². The van der Waals surface area contributed by atoms with Crippen molar-refractivity contribution in [3.8, 4) is 0 Å². The van der Waals surface area contributed by atoms with Gasteiger partial charge in [-0.05, 0) is 19.3 Å². The van der Waals surface area contributed by atoms with E-state index in [0.29, 0.717) is 6.61 Å². The molecule has 0 aliphatic heterocycles. The molecule has 0 spiro atoms. The van der Waals surface area contributed by atoms with Crippen LogP contribution in [0, 0.1) is 5.92 Å². The number of rotatable bonds is 37. The van der Waals surface area contributed by atoms with Crippen molar-refractivity contribution >= 4 is 5.97 Å². The van der Waals surface area contributed by atoms with Crippen LogP contribution in [0.1, 0.15) is 212 Å². The predicted molar refractivity (Wildman–Crippen MR) is 188 cm³/mol. The van der Waals surface area contributed by atoms with Crippen LogP contribution >= 0.6 is 0 Å². The Labute approximate surface area is 274 Å². The fourth-order valence-electron chi connectivity index (χ4n) is 6.29. The molecular weight excluding hydrogens is 548 g/mol. The molecule has 0 saturated heterocycles. The van der Waals surface area contributed by atoms with Crippen molar-refractivity contribution in [2.45, 2.75) is 218 Å². The molecule has 0 saturated carbocycles. The van der Waals surface area contributed by atoms with Crippen LogP contribution in [-0.4, -0.2) is 47.2 Å². The van der Waals surface area contributed by atoms with Gasteiger partial charge in [0.15, 0.2) is 0 Å². The zero-order valence-corrected chi connectivity index (χ0v) is 29.6. The molecule has 264 valence electrons. The van der Waals surface area contributed by atoms with Gasteiger partial charge in [-0.2, -0.15) is 0 Å². The van der Waals surface area contributed by atoms with E-state index in [-0.39, 0.29) is 25.1 Å². The van der Waals surface area contributed by atoms with Gasteiger partial charge in [0.05, 0.1) is 12.5 Å². The van der Waals surface area contributed by atoms with Crippen molar-refractivity contribution in [1.82, 2.24) is 0 Å². The van der Waals surface area contributed by atoms with Crippen LogP contribution in [0.25, 0.3) is 0 Å². The largest absolute Gasteiger partial charge is 0.463 e. The molecule has 2 unspecified atom stereocenters. The Morgan fingerprint density at radius 2 is 0.773 bits per heavy atom. The Kier molecular flexibility index (Phi) is 36.3. The van der Waals surface area contributed by atoms with E-state index in [1.165, 1.54) is 173 Å². The topological polar surface area (TPSA) is 87.0 Å². The van der Waals surface area contributed by atoms with Crippen molar-refractivity contribution in [1.29, 1.82) is 0 Å². The smallest absolute Gasteiger partial charge is 0.309 e. The summed E-state index contributed by atoms with van der Waals surface area (Å²) >= 11 is 0. The van der Waals surface area contributed by atoms with Crippen LogP contribution in [0.2, 0.25) is 0 Å². The average Bonchev–Trinajstić information content (AvgIpc) is 3.03. The number of ether oxygens (including phenoxy) is 1. The summed E-state index contributed by atoms with van der Waals surface area (Å²) in [7, 11) is 0. The number of unbranched alkanes of at least 4 members (excludes halogenated alkanes) is 28. The molecule has 5 heteroatoms. The highest BCUT2D eigenvalue weighted by Gasteiger charge is 2.20. The minimum atomic E-state index is -0.978. The highest BCUT2D eigenvalue weighted by molar-refractivity contribution is 5.72. The maximum atomic E-state index is 12.7. The molecule has 0 fully saturated rings. The minimum Gasteiger partial charge on any atom is -0.463 e. The van der Waals surface area contributed by atoms with E-state index in [1.807, 2.05) is 0 Å². The van der Waals surface area contributed by atoms with E-state index in [9.17, 15) is 9.90 Å². The summed E-state index contributed by atoms with van der Waals surface area (Å²) in [5.74, 6) is -0.257. The first-order valence-electron chi connectivity index (χ1n) is 19.7. The molecule has 0 rings (SSSR count). The molecule has 0 aromatic heterocycles. The van der Waals surface area contributed by atoms with Crippen LogP contribution in [0.15, 0.2) is 0 Å². The van der Waals surface area contributed by atoms with Gasteiger partial charge in [0.2, 0.25) is 0 Å². The zero-order valence-electron chi connectivity index (χ0n) is 29.6. The van der Waals surface area contributed by atoms with Crippen LogP contribution in [0.3, 0.4) is 0 Å². The zero-order chi connectivity index (χ0) is 32.2. The first-order chi connectivity index (χ1) is 21.7. The molecule has 0 bridgehead atoms. The molecule has 0 aromatic carbocycles. The van der Waals surface area contributed by atoms with Gasteiger partial charge in [0.1, 0.15) is 12.7 Å². The van der Waals surface area contributed by atoms with E-state index < -0.39 is 6.10 Å². The van der Waals surface area contributed by atoms with Gasteiger partial charge in [0, 0.05) is 6.61 Å². The lowest BCUT2D eigenvalue weighted by Gasteiger charge is -2.17. The Bertz CT molecular complexity index is 555. The fraction of sp³-hybridized carbons (Fsp3) is 0.974. The maximum absolute atomic E-state index is 12.7. The molecule has 0 aromatic rings. The van der Waals surface area contributed by atoms with Crippen molar-refractivity contribution < 1.29 is 24.9 Å². The average molecular weight is 627 g/mol. The second-order valence-electron chi connectivity index (χ2n) is 13.7. The van der Waals surface area contributed by atoms with Gasteiger partial charge in [0.25, 0.3) is 0 Å². The van der Waals surface area contributed by atoms with Gasteiger partial charge in [-0.25, -0.2) is 0 Å². The molecule has 0 amide bonds. The predicted octanol–water partition coefficient (Wildman–Crippen LogP) is 11.0. The maximum Gasteiger partial charge on any atom is 0.309 e. The lowest BCUT2D eigenvalue weighted by Crippen LogP contribution is -2.25. The third kappa shape index (κ3) is 32.7. The minimum absolute atomic E-state index is 0.0706. The number of aliphatic hydroxyl groups excluding tert-OH is 3. The van der Waals surface area contributed by atoms with E-state index in [4.69, 9.17) is 14.9 Å². The summed E-state index contributed by atoms with van der Waals surface area (Å²) in [6, 6.07) is 0. The lowest BCUT2D eigenvalue weighted by molar-refractivity contribution is -0.152. The molecule has 44 heavy (non-hydrogen) atoms. The number of hydrogen-bond donors (Lipinski definition) is 3. The first kappa shape index (κ1) is 43.4. The number of esters is 1. The highest BCUT2D eigenvalue weighted by atomic mass is 16.5. The summed E-state index contributed by atoms with van der Waals surface area (Å²) in [4.78, 5) is 12.7. The van der Waals surface area contributed by atoms with Crippen molar-refractivity contribution in [2.24, 2.45) is 5.92 Å². The molecule has 3 N–H and O–H groups in total. The quantitative estimate of drug-likeness (QED) is 0.0472. The first-order valence-corrected chi connectivity index (χ1v) is 19.7. The molecule has 0 aliphatic rings. The van der Waals surface area contributed by atoms with Crippen LogP contribution in [-0.2, 0) is 9.53 Å². The Hall–Kier alpha value is -0.650. The third-order valence-corrected chi connectivity index (χ3v) is 9.33. The van der Waals surface area contributed by atoms with E-state index in [1.54, 1.807) is 0 Å². The van der Waals surface area contributed by atoms with E-state index >= 15 is 0 Å². The molecule has 0 heterocycles. The normalized spacial score (nSPS) is 12.9. The Morgan fingerprint density at radius 1 is 0.477 bits per heavy atom. The van der Waals surface area contributed by atoms with Crippen LogP contribution in [0.5, 0.6) is 0 Å². The number of aliphatic hydroxyl groups is 3. The van der Waals surface area contributed by atoms with Gasteiger partial charge in [-0.3, -0.25) is 4.79 Å². The van der Waals surface area contributed by atoms with Gasteiger partial charge in [-0.1, -0.05) is 193 Å². The molecule has 0 radical (unpaired) electrons. The SMILES string of the molecule is CCCCCCCCCCCCCCCCC(CCCCCCCCCCCCCCCCCCO)C(=O)OCC(O)CO. The Balaban J connectivity index is 3.83. The summed E-state index contributed by atoms with van der Waals surface area (Å²) in [6.45, 7) is 2.15. The van der Waals surface area contributed by atoms with E-state index in [2.05, 4.69) is 6.92 Å². The third-order valence-electron chi connectivity index (χ3n) is 9.33. The molecule has 5 nitrogen and oxygen atoms in total. The lowest BCUT2D eigenvalue weighted by atomic mass is 9.94. The standard InChI is InChI=1S/C39H78O5/c1-2-3-4-5-6-7-8-9-14-17-20-23-26-29-32-37(39(43)44-36-38(42)35-41)33-30-27-24-21-18-15-12-10-11-13-16-19-22-25-28-31-34-40/h37-38,40-42H,2-36H2,1H3. The number of hydrogen-bond acceptors (Lipinski definition) is 5. The highest BCUT2D eigenvalue weighted by Crippen LogP contribution is 2.22. The number of carbonyl (C=O) groups is 1. The summed E-state index contributed by atoms with van der Waals surface area (Å²) in [5.41, 5.74) is 0. The van der Waals surface area contributed by atoms with Gasteiger partial charge >= 0.3 is 5.97 Å². The second kappa shape index (κ2) is 36.8.